The van der Waals surface area contributed by atoms with Crippen molar-refractivity contribution in [2.24, 2.45) is 39.4 Å². The van der Waals surface area contributed by atoms with Crippen molar-refractivity contribution in [3.8, 4) is 0 Å². The molecule has 0 saturated heterocycles. The highest BCUT2D eigenvalue weighted by atomic mass is 16.5. The fourth-order valence-corrected chi connectivity index (χ4v) is 9.03. The number of aliphatic hydroxyl groups excluding tert-OH is 1. The van der Waals surface area contributed by atoms with E-state index in [4.69, 9.17) is 4.74 Å². The maximum atomic E-state index is 14.1. The van der Waals surface area contributed by atoms with Gasteiger partial charge in [0.15, 0.2) is 11.6 Å². The normalized spacial score (nSPS) is 40.0. The van der Waals surface area contributed by atoms with Crippen LogP contribution >= 0.6 is 0 Å². The maximum Gasteiger partial charge on any atom is 0.308 e. The lowest BCUT2D eigenvalue weighted by Gasteiger charge is -2.60. The summed E-state index contributed by atoms with van der Waals surface area (Å²) in [6, 6.07) is 0. The minimum absolute atomic E-state index is 0.0652. The Morgan fingerprint density at radius 1 is 1.14 bits per heavy atom. The van der Waals surface area contributed by atoms with E-state index in [1.807, 2.05) is 20.8 Å². The Bertz CT molecular complexity index is 1110. The Labute approximate surface area is 221 Å². The molecule has 1 unspecified atom stereocenters. The number of esters is 1. The minimum Gasteiger partial charge on any atom is -0.469 e. The van der Waals surface area contributed by atoms with Crippen molar-refractivity contribution in [1.82, 2.24) is 0 Å². The summed E-state index contributed by atoms with van der Waals surface area (Å²) in [4.78, 5) is 51.5. The Balaban J connectivity index is 1.73. The molecule has 0 aromatic rings. The van der Waals surface area contributed by atoms with Gasteiger partial charge in [0, 0.05) is 41.1 Å². The van der Waals surface area contributed by atoms with Crippen LogP contribution in [0.25, 0.3) is 0 Å². The molecule has 6 heteroatoms. The van der Waals surface area contributed by atoms with Gasteiger partial charge in [-0.25, -0.2) is 0 Å². The van der Waals surface area contributed by atoms with Gasteiger partial charge in [-0.3, -0.25) is 19.2 Å². The number of Topliss-reactive ketones (excluding diaryl/α,β-unsaturated/α-hetero) is 2. The molecular weight excluding hydrogens is 468 g/mol. The highest BCUT2D eigenvalue weighted by molar-refractivity contribution is 6.01. The molecule has 0 aromatic carbocycles. The third-order valence-corrected chi connectivity index (χ3v) is 11.3. The van der Waals surface area contributed by atoms with Gasteiger partial charge in [0.25, 0.3) is 0 Å². The largest absolute Gasteiger partial charge is 0.469 e. The lowest BCUT2D eigenvalue weighted by atomic mass is 9.43. The highest BCUT2D eigenvalue weighted by Gasteiger charge is 2.68. The van der Waals surface area contributed by atoms with Gasteiger partial charge in [0.1, 0.15) is 5.78 Å². The van der Waals surface area contributed by atoms with E-state index in [0.29, 0.717) is 32.1 Å². The maximum absolute atomic E-state index is 14.1. The second-order valence-electron chi connectivity index (χ2n) is 13.5. The van der Waals surface area contributed by atoms with Crippen molar-refractivity contribution in [1.29, 1.82) is 0 Å². The van der Waals surface area contributed by atoms with Gasteiger partial charge < -0.3 is 9.84 Å². The number of fused-ring (bicyclic) bond motifs is 4. The van der Waals surface area contributed by atoms with Crippen molar-refractivity contribution < 1.29 is 29.0 Å². The van der Waals surface area contributed by atoms with Gasteiger partial charge in [0.05, 0.1) is 19.1 Å². The number of aliphatic hydroxyl groups is 1. The molecule has 6 nitrogen and oxygen atoms in total. The van der Waals surface area contributed by atoms with E-state index in [1.165, 1.54) is 7.11 Å². The first kappa shape index (κ1) is 27.9. The van der Waals surface area contributed by atoms with Crippen LogP contribution in [0.3, 0.4) is 0 Å². The zero-order valence-electron chi connectivity index (χ0n) is 23.8. The molecule has 37 heavy (non-hydrogen) atoms. The third-order valence-electron chi connectivity index (χ3n) is 11.3. The van der Waals surface area contributed by atoms with E-state index in [9.17, 15) is 24.3 Å². The predicted octanol–water partition coefficient (Wildman–Crippen LogP) is 5.17. The van der Waals surface area contributed by atoms with Crippen LogP contribution in [0.4, 0.5) is 0 Å². The molecule has 0 aromatic heterocycles. The summed E-state index contributed by atoms with van der Waals surface area (Å²) in [5, 5.41) is 11.6. The summed E-state index contributed by atoms with van der Waals surface area (Å²) in [6.45, 7) is 14.1. The SMILES string of the molecule is COC(=O)C(C)CC(=O)/C=C(\C)[C@H]1C[C@H](O)[C@@]2(C)C3=C(C(=O)C[C@]12C)[C@@]1(C)CCC(=O)C(C)(C)[C@@H]1CC3. The molecule has 0 bridgehead atoms. The molecule has 1 N–H and O–H groups in total. The van der Waals surface area contributed by atoms with Crippen LogP contribution < -0.4 is 0 Å². The number of carbonyl (C=O) groups is 4. The summed E-state index contributed by atoms with van der Waals surface area (Å²) in [5.41, 5.74) is 0.879. The van der Waals surface area contributed by atoms with E-state index in [0.717, 1.165) is 23.1 Å². The van der Waals surface area contributed by atoms with Gasteiger partial charge in [-0.05, 0) is 55.9 Å². The summed E-state index contributed by atoms with van der Waals surface area (Å²) in [6.07, 6.45) is 4.56. The molecular formula is C31H44O6. The van der Waals surface area contributed by atoms with Gasteiger partial charge in [-0.2, -0.15) is 0 Å². The number of carbonyl (C=O) groups excluding carboxylic acids is 4. The second kappa shape index (κ2) is 9.00. The number of ether oxygens (including phenoxy) is 1. The van der Waals surface area contributed by atoms with Gasteiger partial charge in [-0.15, -0.1) is 0 Å². The quantitative estimate of drug-likeness (QED) is 0.403. The molecule has 7 atom stereocenters. The zero-order chi connectivity index (χ0) is 27.7. The van der Waals surface area contributed by atoms with E-state index >= 15 is 0 Å². The molecule has 2 fully saturated rings. The average Bonchev–Trinajstić information content (AvgIpc) is 3.02. The van der Waals surface area contributed by atoms with Gasteiger partial charge in [0.2, 0.25) is 0 Å². The number of allylic oxidation sites excluding steroid dienone is 3. The van der Waals surface area contributed by atoms with E-state index < -0.39 is 34.2 Å². The minimum atomic E-state index is -0.633. The predicted molar refractivity (Wildman–Crippen MR) is 140 cm³/mol. The molecule has 0 aliphatic heterocycles. The van der Waals surface area contributed by atoms with Gasteiger partial charge >= 0.3 is 5.97 Å². The molecule has 0 spiro atoms. The van der Waals surface area contributed by atoms with E-state index in [-0.39, 0.29) is 41.0 Å². The standard InChI is InChI=1S/C31H44O6/c1-17(13-19(32)14-18(2)27(36)37-8)21-15-25(35)31(7)20-9-10-23-28(3,4)24(34)11-12-29(23,5)26(20)22(33)16-30(21,31)6/h13,18,21,23,25,35H,9-12,14-16H2,1-8H3/b17-13+/t18?,21-,23+,25+,29+,30-,31-/m1/s1. The molecule has 2 saturated carbocycles. The fourth-order valence-electron chi connectivity index (χ4n) is 9.03. The zero-order valence-corrected chi connectivity index (χ0v) is 23.8. The summed E-state index contributed by atoms with van der Waals surface area (Å²) in [7, 11) is 1.31. The lowest BCUT2D eigenvalue weighted by molar-refractivity contribution is -0.146. The molecule has 4 aliphatic rings. The summed E-state index contributed by atoms with van der Waals surface area (Å²) in [5.74, 6) is -0.671. The number of hydrogen-bond acceptors (Lipinski definition) is 6. The van der Waals surface area contributed by atoms with Crippen molar-refractivity contribution in [3.05, 3.63) is 22.8 Å². The first-order valence-corrected chi connectivity index (χ1v) is 13.8. The molecule has 0 heterocycles. The first-order chi connectivity index (χ1) is 17.1. The number of hydrogen-bond donors (Lipinski definition) is 1. The van der Waals surface area contributed by atoms with Crippen molar-refractivity contribution in [3.63, 3.8) is 0 Å². The monoisotopic (exact) mass is 512 g/mol. The Morgan fingerprint density at radius 3 is 2.41 bits per heavy atom. The first-order valence-electron chi connectivity index (χ1n) is 13.8. The van der Waals surface area contributed by atoms with E-state index in [2.05, 4.69) is 20.8 Å². The smallest absolute Gasteiger partial charge is 0.308 e. The Morgan fingerprint density at radius 2 is 1.78 bits per heavy atom. The second-order valence-corrected chi connectivity index (χ2v) is 13.5. The fraction of sp³-hybridized carbons (Fsp3) is 0.742. The molecule has 204 valence electrons. The Kier molecular flexibility index (Phi) is 6.79. The Hall–Kier alpha value is -2.08. The van der Waals surface area contributed by atoms with Crippen LogP contribution in [0.2, 0.25) is 0 Å². The molecule has 0 radical (unpaired) electrons. The van der Waals surface area contributed by atoms with E-state index in [1.54, 1.807) is 13.0 Å². The number of methoxy groups -OCH3 is 1. The average molecular weight is 513 g/mol. The summed E-state index contributed by atoms with van der Waals surface area (Å²) >= 11 is 0. The highest BCUT2D eigenvalue weighted by Crippen LogP contribution is 2.71. The summed E-state index contributed by atoms with van der Waals surface area (Å²) < 4.78 is 4.75. The molecule has 0 amide bonds. The van der Waals surface area contributed by atoms with Crippen molar-refractivity contribution in [2.45, 2.75) is 99.5 Å². The number of rotatable bonds is 5. The van der Waals surface area contributed by atoms with Crippen LogP contribution in [-0.2, 0) is 23.9 Å². The molecule has 4 rings (SSSR count). The third kappa shape index (κ3) is 3.84. The molecule has 4 aliphatic carbocycles. The number of ketones is 3. The van der Waals surface area contributed by atoms with Crippen LogP contribution in [0.15, 0.2) is 22.8 Å². The van der Waals surface area contributed by atoms with Crippen LogP contribution in [0.1, 0.15) is 93.4 Å². The van der Waals surface area contributed by atoms with Crippen molar-refractivity contribution in [2.75, 3.05) is 7.11 Å². The lowest BCUT2D eigenvalue weighted by Crippen LogP contribution is -2.57. The van der Waals surface area contributed by atoms with Gasteiger partial charge in [-0.1, -0.05) is 52.7 Å². The van der Waals surface area contributed by atoms with Crippen LogP contribution in [0.5, 0.6) is 0 Å². The topological polar surface area (TPSA) is 97.7 Å². The van der Waals surface area contributed by atoms with Crippen LogP contribution in [-0.4, -0.2) is 41.6 Å². The van der Waals surface area contributed by atoms with Crippen molar-refractivity contribution >= 4 is 23.3 Å². The van der Waals surface area contributed by atoms with Crippen LogP contribution in [0, 0.1) is 39.4 Å².